The second-order valence-electron chi connectivity index (χ2n) is 3.73. The molecular weight excluding hydrogens is 250 g/mol. The minimum atomic E-state index is 0.0924. The number of carbonyl (C=O) groups excluding carboxylic acids is 1. The molecule has 0 radical (unpaired) electrons. The van der Waals surface area contributed by atoms with Gasteiger partial charge in [-0.1, -0.05) is 18.2 Å². The van der Waals surface area contributed by atoms with Crippen LogP contribution in [0.2, 0.25) is 0 Å². The molecule has 17 heavy (non-hydrogen) atoms. The van der Waals surface area contributed by atoms with Crippen LogP contribution in [-0.2, 0) is 6.42 Å². The highest BCUT2D eigenvalue weighted by Crippen LogP contribution is 2.26. The maximum Gasteiger partial charge on any atom is 0.186 e. The van der Waals surface area contributed by atoms with Crippen molar-refractivity contribution in [2.24, 2.45) is 0 Å². The van der Waals surface area contributed by atoms with Crippen LogP contribution in [0.5, 0.6) is 0 Å². The summed E-state index contributed by atoms with van der Waals surface area (Å²) < 4.78 is 1.23. The van der Waals surface area contributed by atoms with Gasteiger partial charge in [0.05, 0.1) is 5.51 Å². The van der Waals surface area contributed by atoms with E-state index in [1.54, 1.807) is 22.2 Å². The second kappa shape index (κ2) is 4.39. The van der Waals surface area contributed by atoms with Crippen molar-refractivity contribution < 1.29 is 4.79 Å². The van der Waals surface area contributed by atoms with E-state index in [0.717, 1.165) is 5.56 Å². The number of nitrogens with zero attached hydrogens (tertiary/aromatic N) is 1. The molecule has 0 unspecified atom stereocenters. The van der Waals surface area contributed by atoms with E-state index >= 15 is 0 Å². The van der Waals surface area contributed by atoms with Gasteiger partial charge in [0.25, 0.3) is 0 Å². The van der Waals surface area contributed by atoms with Crippen molar-refractivity contribution in [2.45, 2.75) is 6.42 Å². The zero-order valence-corrected chi connectivity index (χ0v) is 10.6. The van der Waals surface area contributed by atoms with E-state index in [1.807, 2.05) is 12.1 Å². The Labute approximate surface area is 107 Å². The zero-order chi connectivity index (χ0) is 11.7. The van der Waals surface area contributed by atoms with Gasteiger partial charge in [0.1, 0.15) is 5.69 Å². The molecule has 0 fully saturated rings. The molecule has 0 aliphatic heterocycles. The third kappa shape index (κ3) is 2.01. The highest BCUT2D eigenvalue weighted by atomic mass is 32.1. The van der Waals surface area contributed by atoms with E-state index in [9.17, 15) is 4.79 Å². The van der Waals surface area contributed by atoms with Gasteiger partial charge in [-0.2, -0.15) is 0 Å². The fourth-order valence-electron chi connectivity index (χ4n) is 1.78. The first kappa shape index (κ1) is 10.6. The van der Waals surface area contributed by atoms with Crippen LogP contribution < -0.4 is 0 Å². The van der Waals surface area contributed by atoms with E-state index < -0.39 is 0 Å². The lowest BCUT2D eigenvalue weighted by Crippen LogP contribution is -2.02. The molecule has 4 heteroatoms. The van der Waals surface area contributed by atoms with Crippen molar-refractivity contribution in [1.29, 1.82) is 0 Å². The van der Waals surface area contributed by atoms with Gasteiger partial charge in [-0.05, 0) is 22.4 Å². The number of thiophene rings is 1. The summed E-state index contributed by atoms with van der Waals surface area (Å²) in [5.41, 5.74) is 3.37. The third-order valence-corrected chi connectivity index (χ3v) is 4.23. The number of thiazole rings is 1. The Balaban J connectivity index is 1.93. The molecule has 3 aromatic rings. The van der Waals surface area contributed by atoms with Crippen molar-refractivity contribution >= 4 is 38.5 Å². The lowest BCUT2D eigenvalue weighted by Gasteiger charge is -1.96. The van der Waals surface area contributed by atoms with Crippen LogP contribution in [0.4, 0.5) is 0 Å². The summed E-state index contributed by atoms with van der Waals surface area (Å²) in [5.74, 6) is 0.0924. The van der Waals surface area contributed by atoms with Gasteiger partial charge < -0.3 is 0 Å². The van der Waals surface area contributed by atoms with Gasteiger partial charge in [-0.15, -0.1) is 22.7 Å². The van der Waals surface area contributed by atoms with Crippen molar-refractivity contribution in [2.75, 3.05) is 0 Å². The average molecular weight is 259 g/mol. The molecular formula is C13H9NOS2. The van der Waals surface area contributed by atoms with Crippen molar-refractivity contribution in [3.05, 3.63) is 51.8 Å². The van der Waals surface area contributed by atoms with Gasteiger partial charge in [0, 0.05) is 16.5 Å². The number of rotatable bonds is 3. The molecule has 0 saturated heterocycles. The molecule has 0 amide bonds. The summed E-state index contributed by atoms with van der Waals surface area (Å²) in [4.78, 5) is 16.0. The van der Waals surface area contributed by atoms with Gasteiger partial charge in [-0.25, -0.2) is 4.98 Å². The fraction of sp³-hybridized carbons (Fsp3) is 0.0769. The smallest absolute Gasteiger partial charge is 0.186 e. The Bertz CT molecular complexity index is 655. The molecule has 1 aromatic carbocycles. The Hall–Kier alpha value is -1.52. The van der Waals surface area contributed by atoms with E-state index in [-0.39, 0.29) is 5.78 Å². The van der Waals surface area contributed by atoms with E-state index in [4.69, 9.17) is 0 Å². The molecule has 2 aromatic heterocycles. The lowest BCUT2D eigenvalue weighted by atomic mass is 10.1. The number of aromatic nitrogens is 1. The molecule has 0 aliphatic carbocycles. The fourth-order valence-corrected chi connectivity index (χ4v) is 3.30. The first-order valence-corrected chi connectivity index (χ1v) is 7.03. The monoisotopic (exact) mass is 259 g/mol. The highest BCUT2D eigenvalue weighted by molar-refractivity contribution is 7.17. The number of Topliss-reactive ketones (excluding diaryl/α,β-unsaturated/α-hetero) is 1. The SMILES string of the molecule is O=C(Cc1csc2ccccc12)c1cscn1. The summed E-state index contributed by atoms with van der Waals surface area (Å²) in [6, 6.07) is 8.17. The molecule has 2 heterocycles. The predicted molar refractivity (Wildman–Crippen MR) is 72.0 cm³/mol. The van der Waals surface area contributed by atoms with E-state index in [1.165, 1.54) is 21.4 Å². The number of ketones is 1. The van der Waals surface area contributed by atoms with Crippen LogP contribution in [0.1, 0.15) is 16.1 Å². The van der Waals surface area contributed by atoms with Crippen molar-refractivity contribution in [3.63, 3.8) is 0 Å². The summed E-state index contributed by atoms with van der Waals surface area (Å²) in [7, 11) is 0. The largest absolute Gasteiger partial charge is 0.292 e. The van der Waals surface area contributed by atoms with Crippen molar-refractivity contribution in [3.8, 4) is 0 Å². The maximum absolute atomic E-state index is 12.0. The standard InChI is InChI=1S/C13H9NOS2/c15-12(11-7-16-8-14-11)5-9-6-17-13-4-2-1-3-10(9)13/h1-4,6-8H,5H2. The normalized spacial score (nSPS) is 10.8. The molecule has 2 nitrogen and oxygen atoms in total. The van der Waals surface area contributed by atoms with Crippen LogP contribution in [0.15, 0.2) is 40.5 Å². The predicted octanol–water partition coefficient (Wildman–Crippen LogP) is 3.78. The minimum absolute atomic E-state index is 0.0924. The number of benzene rings is 1. The Morgan fingerprint density at radius 3 is 2.94 bits per heavy atom. The average Bonchev–Trinajstić information content (AvgIpc) is 2.98. The Morgan fingerprint density at radius 2 is 2.12 bits per heavy atom. The minimum Gasteiger partial charge on any atom is -0.292 e. The first-order valence-electron chi connectivity index (χ1n) is 5.21. The summed E-state index contributed by atoms with van der Waals surface area (Å²) in [6.45, 7) is 0. The molecule has 3 rings (SSSR count). The van der Waals surface area contributed by atoms with Crippen LogP contribution in [0.25, 0.3) is 10.1 Å². The number of hydrogen-bond donors (Lipinski definition) is 0. The maximum atomic E-state index is 12.0. The molecule has 0 saturated carbocycles. The van der Waals surface area contributed by atoms with Gasteiger partial charge >= 0.3 is 0 Å². The van der Waals surface area contributed by atoms with Crippen LogP contribution in [-0.4, -0.2) is 10.8 Å². The Morgan fingerprint density at radius 1 is 1.24 bits per heavy atom. The topological polar surface area (TPSA) is 30.0 Å². The molecule has 0 atom stereocenters. The zero-order valence-electron chi connectivity index (χ0n) is 8.92. The second-order valence-corrected chi connectivity index (χ2v) is 5.36. The van der Waals surface area contributed by atoms with E-state index in [0.29, 0.717) is 12.1 Å². The Kier molecular flexibility index (Phi) is 2.74. The number of carbonyl (C=O) groups is 1. The van der Waals surface area contributed by atoms with Gasteiger partial charge in [0.15, 0.2) is 5.78 Å². The first-order chi connectivity index (χ1) is 8.34. The van der Waals surface area contributed by atoms with Crippen molar-refractivity contribution in [1.82, 2.24) is 4.98 Å². The van der Waals surface area contributed by atoms with E-state index in [2.05, 4.69) is 22.5 Å². The molecule has 0 N–H and O–H groups in total. The summed E-state index contributed by atoms with van der Waals surface area (Å²) in [5, 5.41) is 5.05. The van der Waals surface area contributed by atoms with Gasteiger partial charge in [0.2, 0.25) is 0 Å². The van der Waals surface area contributed by atoms with Crippen LogP contribution in [0, 0.1) is 0 Å². The van der Waals surface area contributed by atoms with Crippen LogP contribution in [0.3, 0.4) is 0 Å². The third-order valence-electron chi connectivity index (χ3n) is 2.63. The summed E-state index contributed by atoms with van der Waals surface area (Å²) in [6.07, 6.45) is 0.438. The number of hydrogen-bond acceptors (Lipinski definition) is 4. The lowest BCUT2D eigenvalue weighted by molar-refractivity contribution is 0.0989. The number of fused-ring (bicyclic) bond motifs is 1. The summed E-state index contributed by atoms with van der Waals surface area (Å²) >= 11 is 3.14. The molecule has 84 valence electrons. The molecule has 0 bridgehead atoms. The highest BCUT2D eigenvalue weighted by Gasteiger charge is 2.11. The van der Waals surface area contributed by atoms with Gasteiger partial charge in [-0.3, -0.25) is 4.79 Å². The quantitative estimate of drug-likeness (QED) is 0.670. The van der Waals surface area contributed by atoms with Crippen LogP contribution >= 0.6 is 22.7 Å². The molecule has 0 spiro atoms. The molecule has 0 aliphatic rings.